The second-order valence-corrected chi connectivity index (χ2v) is 7.99. The van der Waals surface area contributed by atoms with Crippen molar-refractivity contribution >= 4 is 41.7 Å². The van der Waals surface area contributed by atoms with Crippen molar-refractivity contribution in [2.24, 2.45) is 10.9 Å². The van der Waals surface area contributed by atoms with Gasteiger partial charge >= 0.3 is 6.03 Å². The average Bonchev–Trinajstić information content (AvgIpc) is 3.29. The van der Waals surface area contributed by atoms with Gasteiger partial charge in [-0.3, -0.25) is 4.99 Å². The Labute approximate surface area is 197 Å². The molecule has 2 amide bonds. The van der Waals surface area contributed by atoms with Crippen molar-refractivity contribution in [3.63, 3.8) is 0 Å². The molecule has 8 heteroatoms. The van der Waals surface area contributed by atoms with Crippen LogP contribution in [-0.4, -0.2) is 68.7 Å². The Hall–Kier alpha value is -1.55. The molecule has 0 unspecified atom stereocenters. The van der Waals surface area contributed by atoms with Gasteiger partial charge in [-0.15, -0.1) is 24.0 Å². The highest BCUT2D eigenvalue weighted by atomic mass is 127. The number of benzene rings is 1. The number of guanidine groups is 1. The first kappa shape index (κ1) is 24.7. The lowest BCUT2D eigenvalue weighted by Gasteiger charge is -2.27. The van der Waals surface area contributed by atoms with Gasteiger partial charge in [-0.1, -0.05) is 12.1 Å². The molecule has 1 aromatic rings. The van der Waals surface area contributed by atoms with Gasteiger partial charge in [-0.2, -0.15) is 0 Å². The molecule has 1 aromatic carbocycles. The molecular formula is C22H36IN5O2. The van der Waals surface area contributed by atoms with Crippen molar-refractivity contribution in [3.8, 4) is 0 Å². The fourth-order valence-electron chi connectivity index (χ4n) is 3.96. The summed E-state index contributed by atoms with van der Waals surface area (Å²) in [7, 11) is 3.90. The molecule has 2 N–H and O–H groups in total. The van der Waals surface area contributed by atoms with E-state index in [1.165, 1.54) is 6.42 Å². The van der Waals surface area contributed by atoms with E-state index in [4.69, 9.17) is 4.74 Å². The lowest BCUT2D eigenvalue weighted by atomic mass is 9.96. The van der Waals surface area contributed by atoms with Crippen molar-refractivity contribution in [2.45, 2.75) is 38.6 Å². The van der Waals surface area contributed by atoms with Crippen LogP contribution in [0.4, 0.5) is 10.5 Å². The lowest BCUT2D eigenvalue weighted by Crippen LogP contribution is -2.39. The molecule has 2 heterocycles. The second-order valence-electron chi connectivity index (χ2n) is 7.99. The number of nitrogens with zero attached hydrogens (tertiary/aromatic N) is 3. The molecule has 0 spiro atoms. The SMILES string of the molecule is CN=C(NCc1cccc(NC(=O)N2CCCC2)c1)N(C)CCC1CCOCC1.I. The Balaban J connectivity index is 0.00000320. The smallest absolute Gasteiger partial charge is 0.321 e. The molecule has 0 atom stereocenters. The minimum absolute atomic E-state index is 0. The maximum Gasteiger partial charge on any atom is 0.321 e. The van der Waals surface area contributed by atoms with Crippen LogP contribution in [-0.2, 0) is 11.3 Å². The summed E-state index contributed by atoms with van der Waals surface area (Å²) in [6.07, 6.45) is 5.68. The first-order valence-electron chi connectivity index (χ1n) is 10.8. The van der Waals surface area contributed by atoms with E-state index >= 15 is 0 Å². The number of aliphatic imine (C=N–C) groups is 1. The predicted molar refractivity (Wildman–Crippen MR) is 133 cm³/mol. The van der Waals surface area contributed by atoms with Gasteiger partial charge in [0.25, 0.3) is 0 Å². The molecule has 168 valence electrons. The zero-order valence-electron chi connectivity index (χ0n) is 18.2. The summed E-state index contributed by atoms with van der Waals surface area (Å²) in [5.41, 5.74) is 1.95. The third-order valence-electron chi connectivity index (χ3n) is 5.81. The fourth-order valence-corrected chi connectivity index (χ4v) is 3.96. The van der Waals surface area contributed by atoms with Gasteiger partial charge in [0, 0.05) is 59.2 Å². The highest BCUT2D eigenvalue weighted by molar-refractivity contribution is 14.0. The minimum atomic E-state index is -0.00346. The predicted octanol–water partition coefficient (Wildman–Crippen LogP) is 3.76. The molecule has 0 aromatic heterocycles. The maximum atomic E-state index is 12.3. The second kappa shape index (κ2) is 13.0. The van der Waals surface area contributed by atoms with Gasteiger partial charge in [0.05, 0.1) is 0 Å². The first-order chi connectivity index (χ1) is 14.2. The molecule has 2 aliphatic rings. The summed E-state index contributed by atoms with van der Waals surface area (Å²) >= 11 is 0. The number of likely N-dealkylation sites (tertiary alicyclic amines) is 1. The standard InChI is InChI=1S/C22H35N5O2.HI/c1-23-21(26(2)13-8-18-9-14-29-15-10-18)24-17-19-6-5-7-20(16-19)25-22(28)27-11-3-4-12-27;/h5-7,16,18H,3-4,8-15,17H2,1-2H3,(H,23,24)(H,25,28);1H. The topological polar surface area (TPSA) is 69.2 Å². The van der Waals surface area contributed by atoms with Crippen LogP contribution in [0.3, 0.4) is 0 Å². The molecule has 0 aliphatic carbocycles. The molecule has 7 nitrogen and oxygen atoms in total. The molecule has 0 bridgehead atoms. The van der Waals surface area contributed by atoms with Gasteiger partial charge < -0.3 is 25.2 Å². The van der Waals surface area contributed by atoms with Crippen LogP contribution in [0.15, 0.2) is 29.3 Å². The zero-order chi connectivity index (χ0) is 20.5. The number of anilines is 1. The van der Waals surface area contributed by atoms with E-state index in [0.717, 1.165) is 81.7 Å². The van der Waals surface area contributed by atoms with E-state index in [1.807, 2.05) is 30.1 Å². The van der Waals surface area contributed by atoms with E-state index in [9.17, 15) is 4.79 Å². The van der Waals surface area contributed by atoms with Crippen molar-refractivity contribution in [1.82, 2.24) is 15.1 Å². The van der Waals surface area contributed by atoms with E-state index in [0.29, 0.717) is 6.54 Å². The number of hydrogen-bond donors (Lipinski definition) is 2. The van der Waals surface area contributed by atoms with E-state index in [1.54, 1.807) is 0 Å². The molecule has 2 aliphatic heterocycles. The number of carbonyl (C=O) groups excluding carboxylic acids is 1. The third kappa shape index (κ3) is 7.61. The molecule has 2 fully saturated rings. The number of carbonyl (C=O) groups is 1. The van der Waals surface area contributed by atoms with Gasteiger partial charge in [0.15, 0.2) is 5.96 Å². The van der Waals surface area contributed by atoms with Gasteiger partial charge in [-0.05, 0) is 55.7 Å². The van der Waals surface area contributed by atoms with Crippen LogP contribution in [0.25, 0.3) is 0 Å². The molecule has 30 heavy (non-hydrogen) atoms. The normalized spacial score (nSPS) is 17.4. The highest BCUT2D eigenvalue weighted by Crippen LogP contribution is 2.18. The lowest BCUT2D eigenvalue weighted by molar-refractivity contribution is 0.0625. The average molecular weight is 529 g/mol. The Morgan fingerprint density at radius 3 is 2.70 bits per heavy atom. The van der Waals surface area contributed by atoms with Crippen LogP contribution < -0.4 is 10.6 Å². The molecule has 0 saturated carbocycles. The van der Waals surface area contributed by atoms with Crippen LogP contribution in [0.5, 0.6) is 0 Å². The maximum absolute atomic E-state index is 12.3. The number of nitrogens with one attached hydrogen (secondary N) is 2. The minimum Gasteiger partial charge on any atom is -0.381 e. The number of halogens is 1. The van der Waals surface area contributed by atoms with E-state index in [2.05, 4.69) is 33.6 Å². The fraction of sp³-hybridized carbons (Fsp3) is 0.636. The van der Waals surface area contributed by atoms with Crippen LogP contribution >= 0.6 is 24.0 Å². The number of urea groups is 1. The quantitative estimate of drug-likeness (QED) is 0.335. The largest absolute Gasteiger partial charge is 0.381 e. The van der Waals surface area contributed by atoms with Gasteiger partial charge in [0.2, 0.25) is 0 Å². The highest BCUT2D eigenvalue weighted by Gasteiger charge is 2.18. The monoisotopic (exact) mass is 529 g/mol. The Kier molecular flexibility index (Phi) is 10.7. The molecule has 2 saturated heterocycles. The number of amides is 2. The Morgan fingerprint density at radius 1 is 1.27 bits per heavy atom. The number of rotatable bonds is 6. The van der Waals surface area contributed by atoms with Crippen molar-refractivity contribution in [2.75, 3.05) is 52.3 Å². The summed E-state index contributed by atoms with van der Waals surface area (Å²) in [6.45, 7) is 5.14. The third-order valence-corrected chi connectivity index (χ3v) is 5.81. The van der Waals surface area contributed by atoms with Crippen LogP contribution in [0.2, 0.25) is 0 Å². The summed E-state index contributed by atoms with van der Waals surface area (Å²) in [5, 5.41) is 6.45. The molecule has 3 rings (SSSR count). The van der Waals surface area contributed by atoms with Crippen molar-refractivity contribution < 1.29 is 9.53 Å². The Bertz CT molecular complexity index is 688. The first-order valence-corrected chi connectivity index (χ1v) is 10.8. The van der Waals surface area contributed by atoms with E-state index in [-0.39, 0.29) is 30.0 Å². The van der Waals surface area contributed by atoms with Crippen molar-refractivity contribution in [3.05, 3.63) is 29.8 Å². The van der Waals surface area contributed by atoms with Crippen molar-refractivity contribution in [1.29, 1.82) is 0 Å². The summed E-state index contributed by atoms with van der Waals surface area (Å²) in [4.78, 5) is 20.8. The summed E-state index contributed by atoms with van der Waals surface area (Å²) < 4.78 is 5.45. The Morgan fingerprint density at radius 2 is 2.00 bits per heavy atom. The summed E-state index contributed by atoms with van der Waals surface area (Å²) in [5.74, 6) is 1.64. The van der Waals surface area contributed by atoms with Crippen LogP contribution in [0, 0.1) is 5.92 Å². The zero-order valence-corrected chi connectivity index (χ0v) is 20.6. The van der Waals surface area contributed by atoms with E-state index < -0.39 is 0 Å². The number of hydrogen-bond acceptors (Lipinski definition) is 3. The molecular weight excluding hydrogens is 493 g/mol. The van der Waals surface area contributed by atoms with Crippen LogP contribution in [0.1, 0.15) is 37.7 Å². The summed E-state index contributed by atoms with van der Waals surface area (Å²) in [6, 6.07) is 8.00. The molecule has 0 radical (unpaired) electrons. The number of ether oxygens (including phenoxy) is 1. The van der Waals surface area contributed by atoms with Gasteiger partial charge in [0.1, 0.15) is 0 Å². The van der Waals surface area contributed by atoms with Gasteiger partial charge in [-0.25, -0.2) is 4.79 Å².